The zero-order valence-electron chi connectivity index (χ0n) is 27.6. The lowest BCUT2D eigenvalue weighted by molar-refractivity contribution is 0.270. The minimum Gasteiger partial charge on any atom is -0.359 e. The third-order valence-electron chi connectivity index (χ3n) is 9.52. The van der Waals surface area contributed by atoms with E-state index >= 15 is 0 Å². The van der Waals surface area contributed by atoms with Gasteiger partial charge in [0.15, 0.2) is 0 Å². The molecule has 3 heteroatoms. The van der Waals surface area contributed by atoms with E-state index < -0.39 is 0 Å². The van der Waals surface area contributed by atoms with Gasteiger partial charge in [-0.2, -0.15) is 0 Å². The number of rotatable bonds is 10. The van der Waals surface area contributed by atoms with Crippen LogP contribution in [0.4, 0.5) is 5.69 Å². The summed E-state index contributed by atoms with van der Waals surface area (Å²) >= 11 is 0. The van der Waals surface area contributed by atoms with Crippen LogP contribution in [0.2, 0.25) is 0 Å². The summed E-state index contributed by atoms with van der Waals surface area (Å²) in [6.45, 7) is 9.42. The Bertz CT molecular complexity index is 1700. The Balaban J connectivity index is 1.50. The predicted molar refractivity (Wildman–Crippen MR) is 196 cm³/mol. The van der Waals surface area contributed by atoms with Crippen LogP contribution in [0.3, 0.4) is 0 Å². The molecule has 0 atom stereocenters. The van der Waals surface area contributed by atoms with Gasteiger partial charge >= 0.3 is 0 Å². The maximum Gasteiger partial charge on any atom is 0.110 e. The maximum atomic E-state index is 2.52. The van der Waals surface area contributed by atoms with Crippen LogP contribution in [0.5, 0.6) is 0 Å². The molecular weight excluding hydrogens is 571 g/mol. The van der Waals surface area contributed by atoms with E-state index in [1.54, 1.807) is 0 Å². The second-order valence-electron chi connectivity index (χ2n) is 12.5. The minimum absolute atomic E-state index is 0.0580. The number of aryl methyl sites for hydroxylation is 1. The van der Waals surface area contributed by atoms with Gasteiger partial charge in [-0.25, -0.2) is 0 Å². The van der Waals surface area contributed by atoms with Crippen molar-refractivity contribution in [2.45, 2.75) is 32.6 Å². The summed E-state index contributed by atoms with van der Waals surface area (Å²) in [5.41, 5.74) is 11.6. The fourth-order valence-electron chi connectivity index (χ4n) is 7.42. The summed E-state index contributed by atoms with van der Waals surface area (Å²) in [4.78, 5) is 7.44. The van der Waals surface area contributed by atoms with Gasteiger partial charge in [-0.15, -0.1) is 0 Å². The van der Waals surface area contributed by atoms with Gasteiger partial charge in [0.1, 0.15) is 12.5 Å². The van der Waals surface area contributed by atoms with Gasteiger partial charge in [0.25, 0.3) is 0 Å². The van der Waals surface area contributed by atoms with Gasteiger partial charge in [-0.05, 0) is 66.3 Å². The maximum absolute atomic E-state index is 2.52. The van der Waals surface area contributed by atoms with E-state index in [0.29, 0.717) is 0 Å². The topological polar surface area (TPSA) is 9.72 Å². The quantitative estimate of drug-likeness (QED) is 0.145. The van der Waals surface area contributed by atoms with E-state index in [9.17, 15) is 0 Å². The molecule has 3 nitrogen and oxygen atoms in total. The molecule has 0 N–H and O–H groups in total. The van der Waals surface area contributed by atoms with Crippen LogP contribution in [0.1, 0.15) is 64.6 Å². The number of hydrogen-bond acceptors (Lipinski definition) is 3. The fraction of sp³-hybridized carbons (Fsp3) is 0.182. The monoisotopic (exact) mass is 613 g/mol. The zero-order valence-corrected chi connectivity index (χ0v) is 27.6. The average Bonchev–Trinajstić information content (AvgIpc) is 3.56. The highest BCUT2D eigenvalue weighted by atomic mass is 15.4. The highest BCUT2D eigenvalue weighted by Crippen LogP contribution is 2.47. The average molecular weight is 614 g/mol. The molecule has 2 aliphatic rings. The van der Waals surface area contributed by atoms with Gasteiger partial charge in [-0.1, -0.05) is 145 Å². The third-order valence-corrected chi connectivity index (χ3v) is 9.52. The van der Waals surface area contributed by atoms with Crippen LogP contribution in [0.15, 0.2) is 169 Å². The summed E-state index contributed by atoms with van der Waals surface area (Å²) in [5, 5.41) is 0. The van der Waals surface area contributed by atoms with Crippen LogP contribution in [0, 0.1) is 6.92 Å². The molecule has 0 aromatic heterocycles. The van der Waals surface area contributed by atoms with E-state index in [0.717, 1.165) is 19.8 Å². The van der Waals surface area contributed by atoms with E-state index in [4.69, 9.17) is 0 Å². The number of anilines is 1. The minimum atomic E-state index is 0.0580. The van der Waals surface area contributed by atoms with Crippen molar-refractivity contribution in [3.8, 4) is 0 Å². The summed E-state index contributed by atoms with van der Waals surface area (Å²) in [7, 11) is 0. The summed E-state index contributed by atoms with van der Waals surface area (Å²) in [5.74, 6) is 1.37. The number of benzene rings is 5. The number of nitrogens with zero attached hydrogens (tertiary/aromatic N) is 3. The lowest BCUT2D eigenvalue weighted by Gasteiger charge is -2.36. The van der Waals surface area contributed by atoms with Crippen molar-refractivity contribution in [2.24, 2.45) is 0 Å². The first kappa shape index (κ1) is 30.4. The van der Waals surface area contributed by atoms with Crippen molar-refractivity contribution in [3.63, 3.8) is 0 Å². The second-order valence-corrected chi connectivity index (χ2v) is 12.5. The van der Waals surface area contributed by atoms with Gasteiger partial charge in [0, 0.05) is 31.1 Å². The molecule has 0 saturated heterocycles. The molecule has 0 amide bonds. The molecule has 0 spiro atoms. The molecule has 2 aliphatic heterocycles. The smallest absolute Gasteiger partial charge is 0.110 e. The van der Waals surface area contributed by atoms with Gasteiger partial charge in [-0.3, -0.25) is 0 Å². The zero-order chi connectivity index (χ0) is 32.2. The number of hydrogen-bond donors (Lipinski definition) is 0. The molecule has 0 unspecified atom stereocenters. The van der Waals surface area contributed by atoms with Crippen molar-refractivity contribution >= 4 is 5.69 Å². The second kappa shape index (κ2) is 13.6. The lowest BCUT2D eigenvalue weighted by Crippen LogP contribution is -2.37. The molecular formula is C44H43N3. The Kier molecular flexibility index (Phi) is 8.79. The lowest BCUT2D eigenvalue weighted by atomic mass is 9.78. The van der Waals surface area contributed by atoms with Crippen LogP contribution < -0.4 is 4.90 Å². The Morgan fingerprint density at radius 3 is 1.45 bits per heavy atom. The molecule has 234 valence electrons. The van der Waals surface area contributed by atoms with E-state index in [2.05, 4.69) is 193 Å². The largest absolute Gasteiger partial charge is 0.359 e. The fourth-order valence-corrected chi connectivity index (χ4v) is 7.42. The van der Waals surface area contributed by atoms with Gasteiger partial charge < -0.3 is 14.7 Å². The third kappa shape index (κ3) is 6.02. The summed E-state index contributed by atoms with van der Waals surface area (Å²) < 4.78 is 0. The van der Waals surface area contributed by atoms with Crippen LogP contribution in [-0.4, -0.2) is 29.6 Å². The highest BCUT2D eigenvalue weighted by Gasteiger charge is 2.34. The SMILES string of the molecule is CCN(CC)C1=CC=CC2=CN(c3c(C(c4ccccc4)c4ccccc4)cc(C)cc3C(c3ccccc3)c3ccccc3)CN21. The van der Waals surface area contributed by atoms with Crippen molar-refractivity contribution < 1.29 is 0 Å². The van der Waals surface area contributed by atoms with Crippen molar-refractivity contribution in [2.75, 3.05) is 24.7 Å². The molecule has 47 heavy (non-hydrogen) atoms. The molecule has 0 fully saturated rings. The van der Waals surface area contributed by atoms with Crippen molar-refractivity contribution in [3.05, 3.63) is 208 Å². The standard InChI is InChI=1S/C44H43N3/c1-4-45(5-2)41-28-18-27-38-31-46(32-47(38)41)44-39(42(34-19-10-6-11-20-34)35-21-12-7-13-22-35)29-33(3)30-40(44)43(36-23-14-8-15-24-36)37-25-16-9-17-26-37/h6-31,42-43H,4-5,32H2,1-3H3. The predicted octanol–water partition coefficient (Wildman–Crippen LogP) is 10.0. The highest BCUT2D eigenvalue weighted by molar-refractivity contribution is 5.72. The Hall–Kier alpha value is -5.28. The van der Waals surface area contributed by atoms with Crippen molar-refractivity contribution in [1.29, 1.82) is 0 Å². The Morgan fingerprint density at radius 2 is 1.04 bits per heavy atom. The molecule has 7 rings (SSSR count). The normalized spacial score (nSPS) is 14.0. The van der Waals surface area contributed by atoms with Crippen LogP contribution >= 0.6 is 0 Å². The first-order valence-corrected chi connectivity index (χ1v) is 16.9. The summed E-state index contributed by atoms with van der Waals surface area (Å²) in [6, 6.07) is 48.9. The van der Waals surface area contributed by atoms with Gasteiger partial charge in [0.2, 0.25) is 0 Å². The molecule has 0 bridgehead atoms. The van der Waals surface area contributed by atoms with E-state index in [1.807, 2.05) is 0 Å². The van der Waals surface area contributed by atoms with E-state index in [1.165, 1.54) is 56.1 Å². The van der Waals surface area contributed by atoms with Crippen LogP contribution in [-0.2, 0) is 0 Å². The first-order chi connectivity index (χ1) is 23.2. The Morgan fingerprint density at radius 1 is 0.617 bits per heavy atom. The van der Waals surface area contributed by atoms with Gasteiger partial charge in [0.05, 0.1) is 11.4 Å². The molecule has 5 aromatic rings. The van der Waals surface area contributed by atoms with Crippen LogP contribution in [0.25, 0.3) is 0 Å². The molecule has 2 heterocycles. The molecule has 0 aliphatic carbocycles. The first-order valence-electron chi connectivity index (χ1n) is 16.9. The van der Waals surface area contributed by atoms with E-state index in [-0.39, 0.29) is 11.8 Å². The molecule has 0 saturated carbocycles. The Labute approximate surface area is 280 Å². The molecule has 5 aromatic carbocycles. The summed E-state index contributed by atoms with van der Waals surface area (Å²) in [6.07, 6.45) is 9.07. The number of fused-ring (bicyclic) bond motifs is 1. The molecule has 0 radical (unpaired) electrons. The number of allylic oxidation sites excluding steroid dienone is 3. The van der Waals surface area contributed by atoms with Crippen molar-refractivity contribution in [1.82, 2.24) is 9.80 Å².